The fourth-order valence-electron chi connectivity index (χ4n) is 3.83. The molecule has 0 radical (unpaired) electrons. The number of hydrogen-bond acceptors (Lipinski definition) is 3. The SMILES string of the molecule is CC(C)(C)N1Cc2ccccc2-c2c(nnn2C(C)(C)C)-c2ccccc21. The molecular weight excluding hydrogens is 332 g/mol. The van der Waals surface area contributed by atoms with Gasteiger partial charge in [0.1, 0.15) is 5.69 Å². The van der Waals surface area contributed by atoms with Crippen LogP contribution in [0.3, 0.4) is 0 Å². The van der Waals surface area contributed by atoms with E-state index in [1.54, 1.807) is 0 Å². The van der Waals surface area contributed by atoms with E-state index in [-0.39, 0.29) is 11.1 Å². The van der Waals surface area contributed by atoms with Crippen LogP contribution in [0.5, 0.6) is 0 Å². The van der Waals surface area contributed by atoms with Gasteiger partial charge in [-0.15, -0.1) is 5.10 Å². The largest absolute Gasteiger partial charge is 0.362 e. The van der Waals surface area contributed by atoms with Gasteiger partial charge in [-0.2, -0.15) is 0 Å². The molecule has 2 heterocycles. The maximum Gasteiger partial charge on any atom is 0.123 e. The van der Waals surface area contributed by atoms with Crippen LogP contribution in [-0.2, 0) is 12.1 Å². The summed E-state index contributed by atoms with van der Waals surface area (Å²) in [5.74, 6) is 0. The van der Waals surface area contributed by atoms with Gasteiger partial charge in [0.2, 0.25) is 0 Å². The smallest absolute Gasteiger partial charge is 0.123 e. The molecule has 4 heteroatoms. The van der Waals surface area contributed by atoms with Crippen LogP contribution in [0, 0.1) is 0 Å². The minimum atomic E-state index is -0.147. The predicted octanol–water partition coefficient (Wildman–Crippen LogP) is 5.49. The van der Waals surface area contributed by atoms with Crippen LogP contribution >= 0.6 is 0 Å². The molecular formula is C23H28N4. The molecule has 4 nitrogen and oxygen atoms in total. The highest BCUT2D eigenvalue weighted by Gasteiger charge is 2.32. The van der Waals surface area contributed by atoms with Crippen molar-refractivity contribution in [1.82, 2.24) is 15.0 Å². The van der Waals surface area contributed by atoms with Gasteiger partial charge in [0.15, 0.2) is 0 Å². The minimum Gasteiger partial charge on any atom is -0.362 e. The van der Waals surface area contributed by atoms with Gasteiger partial charge in [-0.25, -0.2) is 4.68 Å². The van der Waals surface area contributed by atoms with Gasteiger partial charge in [-0.3, -0.25) is 0 Å². The van der Waals surface area contributed by atoms with E-state index < -0.39 is 0 Å². The first-order valence-corrected chi connectivity index (χ1v) is 9.59. The van der Waals surface area contributed by atoms with Crippen LogP contribution in [0.1, 0.15) is 47.1 Å². The highest BCUT2D eigenvalue weighted by atomic mass is 15.5. The highest BCUT2D eigenvalue weighted by Crippen LogP contribution is 2.43. The van der Waals surface area contributed by atoms with Gasteiger partial charge >= 0.3 is 0 Å². The fraction of sp³-hybridized carbons (Fsp3) is 0.391. The van der Waals surface area contributed by atoms with Crippen LogP contribution in [0.25, 0.3) is 22.5 Å². The van der Waals surface area contributed by atoms with Crippen LogP contribution in [0.2, 0.25) is 0 Å². The van der Waals surface area contributed by atoms with E-state index in [1.807, 2.05) is 0 Å². The quantitative estimate of drug-likeness (QED) is 0.532. The lowest BCUT2D eigenvalue weighted by molar-refractivity contribution is 0.351. The van der Waals surface area contributed by atoms with E-state index in [0.717, 1.165) is 23.5 Å². The zero-order valence-electron chi connectivity index (χ0n) is 17.1. The topological polar surface area (TPSA) is 34.0 Å². The molecule has 3 aromatic rings. The molecule has 27 heavy (non-hydrogen) atoms. The second-order valence-electron chi connectivity index (χ2n) is 9.30. The number of fused-ring (bicyclic) bond motifs is 5. The molecule has 0 atom stereocenters. The van der Waals surface area contributed by atoms with Gasteiger partial charge in [-0.05, 0) is 53.2 Å². The highest BCUT2D eigenvalue weighted by molar-refractivity contribution is 5.88. The molecule has 1 aliphatic rings. The van der Waals surface area contributed by atoms with E-state index in [2.05, 4.69) is 110 Å². The Kier molecular flexibility index (Phi) is 3.91. The predicted molar refractivity (Wildman–Crippen MR) is 112 cm³/mol. The molecule has 1 aromatic heterocycles. The number of rotatable bonds is 0. The maximum absolute atomic E-state index is 4.67. The Morgan fingerprint density at radius 1 is 0.778 bits per heavy atom. The Hall–Kier alpha value is -2.62. The first-order valence-electron chi connectivity index (χ1n) is 9.59. The van der Waals surface area contributed by atoms with Gasteiger partial charge in [-0.1, -0.05) is 47.7 Å². The third kappa shape index (κ3) is 2.93. The number of benzene rings is 2. The van der Waals surface area contributed by atoms with E-state index in [0.29, 0.717) is 0 Å². The molecule has 1 aliphatic heterocycles. The molecule has 0 fully saturated rings. The molecule has 0 N–H and O–H groups in total. The van der Waals surface area contributed by atoms with Crippen LogP contribution in [0.4, 0.5) is 5.69 Å². The van der Waals surface area contributed by atoms with Crippen molar-refractivity contribution in [2.45, 2.75) is 59.2 Å². The second-order valence-corrected chi connectivity index (χ2v) is 9.30. The first kappa shape index (κ1) is 17.8. The Labute approximate surface area is 161 Å². The van der Waals surface area contributed by atoms with Crippen molar-refractivity contribution in [3.05, 3.63) is 54.1 Å². The van der Waals surface area contributed by atoms with E-state index in [9.17, 15) is 0 Å². The average molecular weight is 361 g/mol. The number of hydrogen-bond donors (Lipinski definition) is 0. The Balaban J connectivity index is 2.11. The third-order valence-electron chi connectivity index (χ3n) is 5.17. The minimum absolute atomic E-state index is 0.0132. The molecule has 0 aliphatic carbocycles. The van der Waals surface area contributed by atoms with Crippen molar-refractivity contribution in [3.63, 3.8) is 0 Å². The molecule has 0 unspecified atom stereocenters. The standard InChI is InChI=1S/C23H28N4/c1-22(2,3)26-15-16-11-7-8-12-17(16)21-20(18-13-9-10-14-19(18)26)24-25-27(21)23(4,5)6/h7-14H,15H2,1-6H3. The normalized spacial score (nSPS) is 14.1. The molecule has 0 saturated carbocycles. The first-order chi connectivity index (χ1) is 12.7. The van der Waals surface area contributed by atoms with Gasteiger partial charge in [0.05, 0.1) is 11.2 Å². The van der Waals surface area contributed by atoms with Gasteiger partial charge in [0, 0.05) is 28.9 Å². The molecule has 0 amide bonds. The Bertz CT molecular complexity index is 986. The number of aromatic nitrogens is 3. The van der Waals surface area contributed by atoms with Crippen molar-refractivity contribution >= 4 is 5.69 Å². The molecule has 4 rings (SSSR count). The van der Waals surface area contributed by atoms with Crippen molar-refractivity contribution in [1.29, 1.82) is 0 Å². The fourth-order valence-corrected chi connectivity index (χ4v) is 3.83. The van der Waals surface area contributed by atoms with Crippen molar-refractivity contribution in [3.8, 4) is 22.5 Å². The molecule has 2 aromatic carbocycles. The number of nitrogens with zero attached hydrogens (tertiary/aromatic N) is 4. The van der Waals surface area contributed by atoms with E-state index >= 15 is 0 Å². The van der Waals surface area contributed by atoms with Crippen LogP contribution < -0.4 is 4.90 Å². The summed E-state index contributed by atoms with van der Waals surface area (Å²) in [5, 5.41) is 9.25. The zero-order chi connectivity index (χ0) is 19.4. The van der Waals surface area contributed by atoms with E-state index in [1.165, 1.54) is 16.8 Å². The summed E-state index contributed by atoms with van der Waals surface area (Å²) >= 11 is 0. The molecule has 0 bridgehead atoms. The van der Waals surface area contributed by atoms with Gasteiger partial charge < -0.3 is 4.90 Å². The summed E-state index contributed by atoms with van der Waals surface area (Å²) < 4.78 is 2.07. The summed E-state index contributed by atoms with van der Waals surface area (Å²) in [6, 6.07) is 17.2. The third-order valence-corrected chi connectivity index (χ3v) is 5.17. The lowest BCUT2D eigenvalue weighted by Crippen LogP contribution is -2.41. The number of anilines is 1. The van der Waals surface area contributed by atoms with Crippen molar-refractivity contribution in [2.75, 3.05) is 4.90 Å². The summed E-state index contributed by atoms with van der Waals surface area (Å²) in [5.41, 5.74) is 6.79. The van der Waals surface area contributed by atoms with Crippen LogP contribution in [0.15, 0.2) is 48.5 Å². The molecule has 0 saturated heterocycles. The van der Waals surface area contributed by atoms with E-state index in [4.69, 9.17) is 0 Å². The maximum atomic E-state index is 4.67. The second kappa shape index (κ2) is 5.95. The monoisotopic (exact) mass is 360 g/mol. The van der Waals surface area contributed by atoms with Crippen molar-refractivity contribution in [2.24, 2.45) is 0 Å². The van der Waals surface area contributed by atoms with Crippen molar-refractivity contribution < 1.29 is 0 Å². The van der Waals surface area contributed by atoms with Crippen LogP contribution in [-0.4, -0.2) is 20.5 Å². The lowest BCUT2D eigenvalue weighted by atomic mass is 9.92. The zero-order valence-corrected chi connectivity index (χ0v) is 17.1. The molecule has 0 spiro atoms. The Morgan fingerprint density at radius 3 is 2.07 bits per heavy atom. The molecule has 140 valence electrons. The number of para-hydroxylation sites is 1. The summed E-state index contributed by atoms with van der Waals surface area (Å²) in [6.45, 7) is 14.2. The van der Waals surface area contributed by atoms with Gasteiger partial charge in [0.25, 0.3) is 0 Å². The lowest BCUT2D eigenvalue weighted by Gasteiger charge is -2.40. The summed E-state index contributed by atoms with van der Waals surface area (Å²) in [7, 11) is 0. The average Bonchev–Trinajstić information content (AvgIpc) is 3.02. The Morgan fingerprint density at radius 2 is 1.41 bits per heavy atom. The summed E-state index contributed by atoms with van der Waals surface area (Å²) in [6.07, 6.45) is 0. The summed E-state index contributed by atoms with van der Waals surface area (Å²) in [4.78, 5) is 2.47.